The minimum atomic E-state index is -0.339. The highest BCUT2D eigenvalue weighted by atomic mass is 35.5. The lowest BCUT2D eigenvalue weighted by atomic mass is 9.90. The lowest BCUT2D eigenvalue weighted by Crippen LogP contribution is -2.26. The molecule has 0 fully saturated rings. The van der Waals surface area contributed by atoms with Crippen LogP contribution in [0.1, 0.15) is 47.6 Å². The van der Waals surface area contributed by atoms with Crippen LogP contribution in [0.25, 0.3) is 0 Å². The van der Waals surface area contributed by atoms with Gasteiger partial charge in [0.15, 0.2) is 0 Å². The lowest BCUT2D eigenvalue weighted by Gasteiger charge is -2.19. The second-order valence-electron chi connectivity index (χ2n) is 9.05. The Balaban J connectivity index is 2.19. The first-order chi connectivity index (χ1) is 16.0. The van der Waals surface area contributed by atoms with Crippen molar-refractivity contribution in [3.8, 4) is 0 Å². The van der Waals surface area contributed by atoms with Gasteiger partial charge < -0.3 is 10.2 Å². The third kappa shape index (κ3) is 5.63. The standard InChI is InChI=1S/C28H31Cl2N3O/c1-16(2)21-10-8-9-17(3)26(21)27(31-24-12-11-20(33(6)7)13-19(24)5)28(34)32-25-15-22(29)18(4)14-23(25)30/h8-16H,1-7H3,(H,32,34). The number of nitrogens with zero attached hydrogens (tertiary/aromatic N) is 2. The summed E-state index contributed by atoms with van der Waals surface area (Å²) in [7, 11) is 3.99. The number of carbonyl (C=O) groups excluding carboxylic acids is 1. The highest BCUT2D eigenvalue weighted by Crippen LogP contribution is 2.31. The average molecular weight is 496 g/mol. The topological polar surface area (TPSA) is 44.7 Å². The largest absolute Gasteiger partial charge is 0.378 e. The van der Waals surface area contributed by atoms with Gasteiger partial charge in [0.2, 0.25) is 0 Å². The Morgan fingerprint density at radius 3 is 2.24 bits per heavy atom. The Labute approximate surface area is 212 Å². The molecular formula is C28H31Cl2N3O. The lowest BCUT2D eigenvalue weighted by molar-refractivity contribution is -0.110. The van der Waals surface area contributed by atoms with Gasteiger partial charge in [-0.15, -0.1) is 0 Å². The molecule has 178 valence electrons. The zero-order valence-electron chi connectivity index (χ0n) is 20.8. The molecule has 0 spiro atoms. The number of hydrogen-bond donors (Lipinski definition) is 1. The third-order valence-electron chi connectivity index (χ3n) is 5.80. The van der Waals surface area contributed by atoms with Crippen LogP contribution in [0.3, 0.4) is 0 Å². The smallest absolute Gasteiger partial charge is 0.274 e. The van der Waals surface area contributed by atoms with E-state index in [1.54, 1.807) is 12.1 Å². The molecule has 0 atom stereocenters. The summed E-state index contributed by atoms with van der Waals surface area (Å²) in [6.07, 6.45) is 0. The minimum Gasteiger partial charge on any atom is -0.378 e. The van der Waals surface area contributed by atoms with Crippen molar-refractivity contribution in [3.63, 3.8) is 0 Å². The highest BCUT2D eigenvalue weighted by molar-refractivity contribution is 6.50. The summed E-state index contributed by atoms with van der Waals surface area (Å²) >= 11 is 12.7. The van der Waals surface area contributed by atoms with Crippen LogP contribution in [-0.4, -0.2) is 25.7 Å². The van der Waals surface area contributed by atoms with E-state index in [-0.39, 0.29) is 11.8 Å². The predicted molar refractivity (Wildman–Crippen MR) is 147 cm³/mol. The first-order valence-corrected chi connectivity index (χ1v) is 12.0. The molecule has 0 saturated heterocycles. The number of halogens is 2. The van der Waals surface area contributed by atoms with E-state index in [2.05, 4.69) is 25.2 Å². The van der Waals surface area contributed by atoms with E-state index in [1.165, 1.54) is 0 Å². The van der Waals surface area contributed by atoms with Crippen LogP contribution in [0.15, 0.2) is 53.5 Å². The second kappa shape index (κ2) is 10.6. The molecule has 0 aliphatic rings. The molecule has 0 unspecified atom stereocenters. The number of aryl methyl sites for hydroxylation is 3. The molecule has 6 heteroatoms. The molecule has 0 aliphatic heterocycles. The normalized spacial score (nSPS) is 11.6. The van der Waals surface area contributed by atoms with Crippen molar-refractivity contribution in [1.82, 2.24) is 0 Å². The molecule has 0 aromatic heterocycles. The van der Waals surface area contributed by atoms with Gasteiger partial charge in [0.05, 0.1) is 16.4 Å². The van der Waals surface area contributed by atoms with E-state index in [4.69, 9.17) is 28.2 Å². The van der Waals surface area contributed by atoms with Crippen molar-refractivity contribution in [1.29, 1.82) is 0 Å². The van der Waals surface area contributed by atoms with E-state index in [0.717, 1.165) is 39.2 Å². The van der Waals surface area contributed by atoms with Crippen LogP contribution in [0.4, 0.5) is 17.1 Å². The summed E-state index contributed by atoms with van der Waals surface area (Å²) in [5.41, 5.74) is 7.30. The minimum absolute atomic E-state index is 0.211. The fourth-order valence-electron chi connectivity index (χ4n) is 3.80. The van der Waals surface area contributed by atoms with Crippen molar-refractivity contribution in [2.45, 2.75) is 40.5 Å². The van der Waals surface area contributed by atoms with Gasteiger partial charge in [-0.05, 0) is 79.3 Å². The van der Waals surface area contributed by atoms with E-state index >= 15 is 0 Å². The molecular weight excluding hydrogens is 465 g/mol. The van der Waals surface area contributed by atoms with Crippen molar-refractivity contribution >= 4 is 51.9 Å². The highest BCUT2D eigenvalue weighted by Gasteiger charge is 2.23. The summed E-state index contributed by atoms with van der Waals surface area (Å²) < 4.78 is 0. The van der Waals surface area contributed by atoms with Gasteiger partial charge >= 0.3 is 0 Å². The van der Waals surface area contributed by atoms with E-state index in [1.807, 2.05) is 70.1 Å². The fourth-order valence-corrected chi connectivity index (χ4v) is 4.23. The first-order valence-electron chi connectivity index (χ1n) is 11.2. The molecule has 3 rings (SSSR count). The van der Waals surface area contributed by atoms with Gasteiger partial charge in [0.25, 0.3) is 5.91 Å². The molecule has 1 N–H and O–H groups in total. The monoisotopic (exact) mass is 495 g/mol. The second-order valence-corrected chi connectivity index (χ2v) is 9.87. The average Bonchev–Trinajstić information content (AvgIpc) is 2.76. The zero-order chi connectivity index (χ0) is 25.2. The van der Waals surface area contributed by atoms with E-state index in [0.29, 0.717) is 21.4 Å². The van der Waals surface area contributed by atoms with Crippen LogP contribution >= 0.6 is 23.2 Å². The molecule has 0 saturated carbocycles. The Bertz CT molecular complexity index is 1260. The van der Waals surface area contributed by atoms with Crippen molar-refractivity contribution < 1.29 is 4.79 Å². The summed E-state index contributed by atoms with van der Waals surface area (Å²) in [4.78, 5) is 20.7. The van der Waals surface area contributed by atoms with Gasteiger partial charge in [-0.3, -0.25) is 4.79 Å². The number of anilines is 2. The van der Waals surface area contributed by atoms with Gasteiger partial charge in [-0.2, -0.15) is 0 Å². The van der Waals surface area contributed by atoms with Gasteiger partial charge in [-0.1, -0.05) is 55.2 Å². The molecule has 3 aromatic rings. The SMILES string of the molecule is Cc1cc(Cl)c(NC(=O)C(=Nc2ccc(N(C)C)cc2C)c2c(C)cccc2C(C)C)cc1Cl. The predicted octanol–water partition coefficient (Wildman–Crippen LogP) is 7.87. The molecule has 0 heterocycles. The van der Waals surface area contributed by atoms with Crippen LogP contribution in [0, 0.1) is 20.8 Å². The maximum Gasteiger partial charge on any atom is 0.274 e. The summed E-state index contributed by atoms with van der Waals surface area (Å²) in [6, 6.07) is 15.5. The molecule has 34 heavy (non-hydrogen) atoms. The Morgan fingerprint density at radius 1 is 0.912 bits per heavy atom. The summed E-state index contributed by atoms with van der Waals surface area (Å²) in [6.45, 7) is 10.1. The number of rotatable bonds is 6. The number of aliphatic imine (C=N–C) groups is 1. The summed E-state index contributed by atoms with van der Waals surface area (Å²) in [5, 5.41) is 3.91. The van der Waals surface area contributed by atoms with Gasteiger partial charge in [0, 0.05) is 30.4 Å². The molecule has 0 radical (unpaired) electrons. The van der Waals surface area contributed by atoms with Gasteiger partial charge in [0.1, 0.15) is 5.71 Å². The van der Waals surface area contributed by atoms with Crippen LogP contribution in [0.2, 0.25) is 10.0 Å². The Kier molecular flexibility index (Phi) is 8.06. The maximum atomic E-state index is 13.7. The van der Waals surface area contributed by atoms with Crippen LogP contribution < -0.4 is 10.2 Å². The van der Waals surface area contributed by atoms with Gasteiger partial charge in [-0.25, -0.2) is 4.99 Å². The van der Waals surface area contributed by atoms with Crippen molar-refractivity contribution in [2.75, 3.05) is 24.3 Å². The number of carbonyl (C=O) groups is 1. The zero-order valence-corrected chi connectivity index (χ0v) is 22.3. The Hall–Kier alpha value is -2.82. The van der Waals surface area contributed by atoms with Crippen molar-refractivity contribution in [2.24, 2.45) is 4.99 Å². The van der Waals surface area contributed by atoms with Crippen LogP contribution in [0.5, 0.6) is 0 Å². The Morgan fingerprint density at radius 2 is 1.62 bits per heavy atom. The number of hydrogen-bond acceptors (Lipinski definition) is 3. The third-order valence-corrected chi connectivity index (χ3v) is 6.52. The quantitative estimate of drug-likeness (QED) is 0.353. The molecule has 0 aliphatic carbocycles. The number of benzene rings is 3. The molecule has 3 aromatic carbocycles. The number of amides is 1. The molecule has 0 bridgehead atoms. The van der Waals surface area contributed by atoms with Crippen LogP contribution in [-0.2, 0) is 4.79 Å². The molecule has 4 nitrogen and oxygen atoms in total. The first kappa shape index (κ1) is 25.8. The van der Waals surface area contributed by atoms with E-state index in [9.17, 15) is 4.79 Å². The van der Waals surface area contributed by atoms with E-state index < -0.39 is 0 Å². The maximum absolute atomic E-state index is 13.7. The summed E-state index contributed by atoms with van der Waals surface area (Å²) in [5.74, 6) is -0.128. The fraction of sp³-hybridized carbons (Fsp3) is 0.286. The molecule has 1 amide bonds. The number of nitrogens with one attached hydrogen (secondary N) is 1. The van der Waals surface area contributed by atoms with Crippen molar-refractivity contribution in [3.05, 3.63) is 86.4 Å².